The summed E-state index contributed by atoms with van der Waals surface area (Å²) in [4.78, 5) is 30.9. The van der Waals surface area contributed by atoms with Crippen LogP contribution in [0.15, 0.2) is 40.1 Å². The van der Waals surface area contributed by atoms with Crippen molar-refractivity contribution >= 4 is 46.0 Å². The lowest BCUT2D eigenvalue weighted by Gasteiger charge is -2.11. The van der Waals surface area contributed by atoms with Crippen molar-refractivity contribution in [1.82, 2.24) is 29.8 Å². The lowest BCUT2D eigenvalue weighted by atomic mass is 10.2. The summed E-state index contributed by atoms with van der Waals surface area (Å²) < 4.78 is 13.1. The molecule has 0 saturated heterocycles. The second kappa shape index (κ2) is 8.19. The fraction of sp³-hybridized carbons (Fsp3) is 0.286. The molecule has 0 spiro atoms. The van der Waals surface area contributed by atoms with E-state index in [-0.39, 0.29) is 12.7 Å². The molecular formula is C21H19N7O3S2. The van der Waals surface area contributed by atoms with Gasteiger partial charge in [0.25, 0.3) is 0 Å². The number of rotatable bonds is 7. The third-order valence-corrected chi connectivity index (χ3v) is 7.23. The van der Waals surface area contributed by atoms with Gasteiger partial charge in [0, 0.05) is 41.0 Å². The highest BCUT2D eigenvalue weighted by molar-refractivity contribution is 7.99. The minimum atomic E-state index is 0.0175. The maximum absolute atomic E-state index is 12.4. The van der Waals surface area contributed by atoms with E-state index in [0.717, 1.165) is 28.3 Å². The van der Waals surface area contributed by atoms with Crippen LogP contribution in [-0.4, -0.2) is 43.2 Å². The van der Waals surface area contributed by atoms with Crippen molar-refractivity contribution < 1.29 is 14.3 Å². The molecule has 1 aliphatic carbocycles. The molecule has 0 atom stereocenters. The van der Waals surface area contributed by atoms with E-state index in [1.165, 1.54) is 18.1 Å². The van der Waals surface area contributed by atoms with Crippen molar-refractivity contribution in [3.8, 4) is 22.1 Å². The molecule has 1 aromatic carbocycles. The molecule has 1 saturated carbocycles. The predicted molar refractivity (Wildman–Crippen MR) is 123 cm³/mol. The maximum atomic E-state index is 12.4. The largest absolute Gasteiger partial charge is 0.454 e. The second-order valence-electron chi connectivity index (χ2n) is 7.71. The molecule has 12 heteroatoms. The van der Waals surface area contributed by atoms with Crippen LogP contribution in [0.1, 0.15) is 19.3 Å². The maximum Gasteiger partial charge on any atom is 0.231 e. The third kappa shape index (κ3) is 3.95. The van der Waals surface area contributed by atoms with Gasteiger partial charge in [-0.15, -0.1) is 11.3 Å². The zero-order valence-electron chi connectivity index (χ0n) is 17.4. The molecule has 1 amide bonds. The topological polar surface area (TPSA) is 130 Å². The number of thiazole rings is 1. The zero-order chi connectivity index (χ0) is 22.4. The number of benzene rings is 1. The van der Waals surface area contributed by atoms with Gasteiger partial charge in [-0.3, -0.25) is 4.79 Å². The highest BCUT2D eigenvalue weighted by Gasteiger charge is 2.25. The molecule has 0 radical (unpaired) electrons. The third-order valence-electron chi connectivity index (χ3n) is 5.37. The highest BCUT2D eigenvalue weighted by Crippen LogP contribution is 2.45. The first-order valence-corrected chi connectivity index (χ1v) is 12.1. The van der Waals surface area contributed by atoms with Crippen molar-refractivity contribution in [2.75, 3.05) is 12.5 Å². The van der Waals surface area contributed by atoms with Crippen LogP contribution in [0.4, 0.5) is 5.82 Å². The fourth-order valence-electron chi connectivity index (χ4n) is 3.58. The molecule has 0 unspecified atom stereocenters. The van der Waals surface area contributed by atoms with Crippen LogP contribution in [0.3, 0.4) is 0 Å². The summed E-state index contributed by atoms with van der Waals surface area (Å²) in [6, 6.07) is 4.19. The van der Waals surface area contributed by atoms with E-state index in [2.05, 4.69) is 20.3 Å². The van der Waals surface area contributed by atoms with E-state index in [0.29, 0.717) is 52.6 Å². The zero-order valence-corrected chi connectivity index (χ0v) is 19.0. The van der Waals surface area contributed by atoms with Gasteiger partial charge in [0.15, 0.2) is 33.6 Å². The van der Waals surface area contributed by atoms with Gasteiger partial charge in [0.1, 0.15) is 11.3 Å². The van der Waals surface area contributed by atoms with Gasteiger partial charge >= 0.3 is 0 Å². The van der Waals surface area contributed by atoms with Gasteiger partial charge in [-0.1, -0.05) is 11.8 Å². The number of aryl methyl sites for hydroxylation is 1. The van der Waals surface area contributed by atoms with Crippen LogP contribution >= 0.6 is 23.1 Å². The SMILES string of the molecule is Nc1ncnc2c1nc(Sc1cc3c(cc1-c1nccs1)OCO3)n2CCC(=O)NC1CC1. The number of nitrogen functional groups attached to an aromatic ring is 1. The number of nitrogens with zero attached hydrogens (tertiary/aromatic N) is 5. The van der Waals surface area contributed by atoms with Gasteiger partial charge in [-0.2, -0.15) is 0 Å². The molecule has 6 rings (SSSR count). The summed E-state index contributed by atoms with van der Waals surface area (Å²) in [6.45, 7) is 0.604. The van der Waals surface area contributed by atoms with Crippen molar-refractivity contribution in [3.63, 3.8) is 0 Å². The molecule has 1 fully saturated rings. The summed E-state index contributed by atoms with van der Waals surface area (Å²) in [7, 11) is 0. The van der Waals surface area contributed by atoms with Crippen LogP contribution in [0.5, 0.6) is 11.5 Å². The van der Waals surface area contributed by atoms with E-state index in [4.69, 9.17) is 20.2 Å². The summed E-state index contributed by atoms with van der Waals surface area (Å²) in [6.07, 6.45) is 5.60. The molecule has 4 aromatic rings. The first kappa shape index (κ1) is 20.2. The lowest BCUT2D eigenvalue weighted by molar-refractivity contribution is -0.121. The first-order valence-electron chi connectivity index (χ1n) is 10.4. The molecule has 10 nitrogen and oxygen atoms in total. The molecule has 3 N–H and O–H groups in total. The number of hydrogen-bond donors (Lipinski definition) is 2. The normalized spacial score (nSPS) is 14.7. The first-order chi connectivity index (χ1) is 16.2. The van der Waals surface area contributed by atoms with Gasteiger partial charge < -0.3 is 25.1 Å². The molecule has 0 bridgehead atoms. The second-order valence-corrected chi connectivity index (χ2v) is 9.61. The number of aromatic nitrogens is 5. The van der Waals surface area contributed by atoms with Crippen molar-refractivity contribution in [3.05, 3.63) is 30.0 Å². The number of amides is 1. The average Bonchev–Trinajstić information content (AvgIpc) is 3.20. The summed E-state index contributed by atoms with van der Waals surface area (Å²) in [5, 5.41) is 6.48. The van der Waals surface area contributed by atoms with Gasteiger partial charge in [-0.25, -0.2) is 19.9 Å². The predicted octanol–water partition coefficient (Wildman–Crippen LogP) is 3.08. The number of carbonyl (C=O) groups is 1. The molecular weight excluding hydrogens is 462 g/mol. The van der Waals surface area contributed by atoms with Gasteiger partial charge in [0.2, 0.25) is 12.7 Å². The van der Waals surface area contributed by atoms with Crippen LogP contribution in [0, 0.1) is 0 Å². The minimum Gasteiger partial charge on any atom is -0.454 e. The Labute approximate surface area is 196 Å². The minimum absolute atomic E-state index is 0.0175. The van der Waals surface area contributed by atoms with E-state index < -0.39 is 0 Å². The summed E-state index contributed by atoms with van der Waals surface area (Å²) >= 11 is 2.99. The van der Waals surface area contributed by atoms with Gasteiger partial charge in [-0.05, 0) is 25.0 Å². The molecule has 4 heterocycles. The van der Waals surface area contributed by atoms with Crippen LogP contribution in [-0.2, 0) is 11.3 Å². The standard InChI is InChI=1S/C21H19N7O3S2/c22-18-17-19(25-9-24-18)28(5-3-16(29)26-11-1-2-11)21(27-17)33-15-8-14-13(30-10-31-14)7-12(15)20-23-4-6-32-20/h4,6-9,11H,1-3,5,10H2,(H,26,29)(H2,22,24,25). The van der Waals surface area contributed by atoms with Crippen LogP contribution < -0.4 is 20.5 Å². The quantitative estimate of drug-likeness (QED) is 0.409. The average molecular weight is 482 g/mol. The van der Waals surface area contributed by atoms with Crippen molar-refractivity contribution in [2.45, 2.75) is 41.9 Å². The monoisotopic (exact) mass is 481 g/mol. The van der Waals surface area contributed by atoms with E-state index in [1.54, 1.807) is 17.5 Å². The van der Waals surface area contributed by atoms with Crippen LogP contribution in [0.2, 0.25) is 0 Å². The Balaban J connectivity index is 1.39. The smallest absolute Gasteiger partial charge is 0.231 e. The Morgan fingerprint density at radius 1 is 1.24 bits per heavy atom. The number of carbonyl (C=O) groups excluding carboxylic acids is 1. The van der Waals surface area contributed by atoms with E-state index >= 15 is 0 Å². The van der Waals surface area contributed by atoms with Crippen molar-refractivity contribution in [1.29, 1.82) is 0 Å². The van der Waals surface area contributed by atoms with Crippen LogP contribution in [0.25, 0.3) is 21.7 Å². The Morgan fingerprint density at radius 2 is 2.09 bits per heavy atom. The number of ether oxygens (including phenoxy) is 2. The molecule has 3 aromatic heterocycles. The van der Waals surface area contributed by atoms with Gasteiger partial charge in [0.05, 0.1) is 0 Å². The van der Waals surface area contributed by atoms with E-state index in [1.807, 2.05) is 22.1 Å². The Hall–Kier alpha value is -3.38. The number of nitrogens with two attached hydrogens (primary N) is 1. The molecule has 33 heavy (non-hydrogen) atoms. The summed E-state index contributed by atoms with van der Waals surface area (Å²) in [5.41, 5.74) is 8.11. The Morgan fingerprint density at radius 3 is 2.88 bits per heavy atom. The molecule has 168 valence electrons. The highest BCUT2D eigenvalue weighted by atomic mass is 32.2. The van der Waals surface area contributed by atoms with E-state index in [9.17, 15) is 4.79 Å². The number of hydrogen-bond acceptors (Lipinski definition) is 10. The Bertz CT molecular complexity index is 1350. The molecule has 1 aliphatic heterocycles. The Kier molecular flexibility index (Phi) is 5.03. The molecule has 2 aliphatic rings. The fourth-order valence-corrected chi connectivity index (χ4v) is 5.37. The number of nitrogens with one attached hydrogen (secondary N) is 1. The number of imidazole rings is 1. The summed E-state index contributed by atoms with van der Waals surface area (Å²) in [5.74, 6) is 1.67. The number of anilines is 1. The lowest BCUT2D eigenvalue weighted by Crippen LogP contribution is -2.26. The van der Waals surface area contributed by atoms with Crippen molar-refractivity contribution in [2.24, 2.45) is 0 Å². The number of fused-ring (bicyclic) bond motifs is 2.